The van der Waals surface area contributed by atoms with Crippen molar-refractivity contribution in [2.24, 2.45) is 11.7 Å². The van der Waals surface area contributed by atoms with Crippen LogP contribution in [0.3, 0.4) is 0 Å². The molecule has 6 heteroatoms. The van der Waals surface area contributed by atoms with Crippen LogP contribution in [0.15, 0.2) is 36.7 Å². The number of nitrogens with one attached hydrogen (secondary N) is 1. The fraction of sp³-hybridized carbons (Fsp3) is 0.333. The van der Waals surface area contributed by atoms with Gasteiger partial charge in [0.2, 0.25) is 5.91 Å². The lowest BCUT2D eigenvalue weighted by Crippen LogP contribution is -2.36. The number of nitrogens with zero attached hydrogens (tertiary/aromatic N) is 2. The van der Waals surface area contributed by atoms with Crippen LogP contribution in [0.1, 0.15) is 20.3 Å². The van der Waals surface area contributed by atoms with Gasteiger partial charge in [-0.05, 0) is 36.6 Å². The standard InChI is InChI=1S/C15H19FN4O/c1-10(2)8-13(17)15(21)19-11-4-5-14(12(16)9-11)20-7-3-6-18-20/h3-7,9-10,13H,8,17H2,1-2H3,(H,19,21)/t13-/m0/s1. The van der Waals surface area contributed by atoms with Crippen molar-refractivity contribution in [2.75, 3.05) is 5.32 Å². The number of hydrogen-bond donors (Lipinski definition) is 2. The zero-order chi connectivity index (χ0) is 15.4. The molecule has 112 valence electrons. The third-order valence-electron chi connectivity index (χ3n) is 3.03. The maximum absolute atomic E-state index is 14.0. The first-order valence-corrected chi connectivity index (χ1v) is 6.83. The third-order valence-corrected chi connectivity index (χ3v) is 3.03. The Kier molecular flexibility index (Phi) is 4.70. The van der Waals surface area contributed by atoms with E-state index in [9.17, 15) is 9.18 Å². The molecule has 0 bridgehead atoms. The smallest absolute Gasteiger partial charge is 0.241 e. The minimum Gasteiger partial charge on any atom is -0.325 e. The Morgan fingerprint density at radius 1 is 1.48 bits per heavy atom. The number of rotatable bonds is 5. The molecule has 1 atom stereocenters. The summed E-state index contributed by atoms with van der Waals surface area (Å²) in [6.45, 7) is 3.98. The molecule has 1 amide bonds. The van der Waals surface area contributed by atoms with Gasteiger partial charge < -0.3 is 11.1 Å². The molecule has 1 heterocycles. The highest BCUT2D eigenvalue weighted by molar-refractivity contribution is 5.94. The number of amides is 1. The van der Waals surface area contributed by atoms with E-state index < -0.39 is 11.9 Å². The van der Waals surface area contributed by atoms with Crippen molar-refractivity contribution in [1.82, 2.24) is 9.78 Å². The van der Waals surface area contributed by atoms with Gasteiger partial charge in [-0.1, -0.05) is 13.8 Å². The van der Waals surface area contributed by atoms with Crippen LogP contribution in [0.2, 0.25) is 0 Å². The van der Waals surface area contributed by atoms with E-state index in [-0.39, 0.29) is 5.91 Å². The van der Waals surface area contributed by atoms with Crippen molar-refractivity contribution in [3.63, 3.8) is 0 Å². The first-order chi connectivity index (χ1) is 9.97. The van der Waals surface area contributed by atoms with Crippen LogP contribution in [0.25, 0.3) is 5.69 Å². The van der Waals surface area contributed by atoms with Gasteiger partial charge in [-0.3, -0.25) is 4.79 Å². The summed E-state index contributed by atoms with van der Waals surface area (Å²) in [7, 11) is 0. The van der Waals surface area contributed by atoms with Crippen molar-refractivity contribution >= 4 is 11.6 Å². The molecule has 0 aliphatic rings. The quantitative estimate of drug-likeness (QED) is 0.887. The van der Waals surface area contributed by atoms with E-state index in [2.05, 4.69) is 10.4 Å². The molecule has 0 aliphatic carbocycles. The largest absolute Gasteiger partial charge is 0.325 e. The van der Waals surface area contributed by atoms with Crippen LogP contribution >= 0.6 is 0 Å². The fourth-order valence-corrected chi connectivity index (χ4v) is 2.03. The van der Waals surface area contributed by atoms with Gasteiger partial charge in [0, 0.05) is 18.1 Å². The van der Waals surface area contributed by atoms with E-state index in [1.165, 1.54) is 10.7 Å². The molecule has 0 saturated carbocycles. The molecule has 0 radical (unpaired) electrons. The highest BCUT2D eigenvalue weighted by Crippen LogP contribution is 2.18. The summed E-state index contributed by atoms with van der Waals surface area (Å²) in [5.74, 6) is -0.450. The third kappa shape index (κ3) is 3.88. The van der Waals surface area contributed by atoms with E-state index in [1.54, 1.807) is 30.6 Å². The Hall–Kier alpha value is -2.21. The molecule has 2 rings (SSSR count). The van der Waals surface area contributed by atoms with Crippen LogP contribution in [0.5, 0.6) is 0 Å². The van der Waals surface area contributed by atoms with E-state index in [4.69, 9.17) is 5.73 Å². The van der Waals surface area contributed by atoms with Crippen molar-refractivity contribution in [2.45, 2.75) is 26.3 Å². The molecule has 0 unspecified atom stereocenters. The topological polar surface area (TPSA) is 72.9 Å². The SMILES string of the molecule is CC(C)C[C@H](N)C(=O)Nc1ccc(-n2cccn2)c(F)c1. The molecule has 5 nitrogen and oxygen atoms in total. The van der Waals surface area contributed by atoms with Gasteiger partial charge in [0.25, 0.3) is 0 Å². The number of benzene rings is 1. The lowest BCUT2D eigenvalue weighted by atomic mass is 10.0. The van der Waals surface area contributed by atoms with E-state index >= 15 is 0 Å². The Bertz CT molecular complexity index is 610. The summed E-state index contributed by atoms with van der Waals surface area (Å²) < 4.78 is 15.5. The van der Waals surface area contributed by atoms with Gasteiger partial charge in [-0.2, -0.15) is 5.10 Å². The summed E-state index contributed by atoms with van der Waals surface area (Å²) in [6, 6.07) is 5.56. The predicted octanol–water partition coefficient (Wildman–Crippen LogP) is 2.32. The highest BCUT2D eigenvalue weighted by Gasteiger charge is 2.16. The van der Waals surface area contributed by atoms with Crippen LogP contribution in [-0.2, 0) is 4.79 Å². The van der Waals surface area contributed by atoms with Gasteiger partial charge in [0.15, 0.2) is 5.82 Å². The van der Waals surface area contributed by atoms with Crippen LogP contribution in [-0.4, -0.2) is 21.7 Å². The Labute approximate surface area is 123 Å². The van der Waals surface area contributed by atoms with Crippen LogP contribution < -0.4 is 11.1 Å². The number of hydrogen-bond acceptors (Lipinski definition) is 3. The predicted molar refractivity (Wildman–Crippen MR) is 79.6 cm³/mol. The van der Waals surface area contributed by atoms with Crippen LogP contribution in [0, 0.1) is 11.7 Å². The van der Waals surface area contributed by atoms with Crippen molar-refractivity contribution in [3.05, 3.63) is 42.5 Å². The molecular formula is C15H19FN4O. The molecule has 0 aliphatic heterocycles. The molecular weight excluding hydrogens is 271 g/mol. The second-order valence-corrected chi connectivity index (χ2v) is 5.34. The number of anilines is 1. The highest BCUT2D eigenvalue weighted by atomic mass is 19.1. The maximum Gasteiger partial charge on any atom is 0.241 e. The zero-order valence-electron chi connectivity index (χ0n) is 12.1. The van der Waals surface area contributed by atoms with E-state index in [1.807, 2.05) is 13.8 Å². The summed E-state index contributed by atoms with van der Waals surface area (Å²) in [5, 5.41) is 6.59. The van der Waals surface area contributed by atoms with Gasteiger partial charge in [0.1, 0.15) is 5.69 Å². The van der Waals surface area contributed by atoms with Crippen molar-refractivity contribution in [1.29, 1.82) is 0 Å². The summed E-state index contributed by atoms with van der Waals surface area (Å²) in [5.41, 5.74) is 6.50. The van der Waals surface area contributed by atoms with Crippen molar-refractivity contribution in [3.8, 4) is 5.69 Å². The molecule has 1 aromatic carbocycles. The zero-order valence-corrected chi connectivity index (χ0v) is 12.1. The lowest BCUT2D eigenvalue weighted by Gasteiger charge is -2.14. The average Bonchev–Trinajstić information content (AvgIpc) is 2.91. The molecule has 3 N–H and O–H groups in total. The Balaban J connectivity index is 2.09. The normalized spacial score (nSPS) is 12.4. The molecule has 0 saturated heterocycles. The van der Waals surface area contributed by atoms with E-state index in [0.29, 0.717) is 23.7 Å². The summed E-state index contributed by atoms with van der Waals surface area (Å²) >= 11 is 0. The van der Waals surface area contributed by atoms with Crippen LogP contribution in [0.4, 0.5) is 10.1 Å². The Morgan fingerprint density at radius 3 is 2.81 bits per heavy atom. The first kappa shape index (κ1) is 15.2. The second kappa shape index (κ2) is 6.49. The number of nitrogens with two attached hydrogens (primary N) is 1. The van der Waals surface area contributed by atoms with Gasteiger partial charge in [0.05, 0.1) is 6.04 Å². The van der Waals surface area contributed by atoms with Crippen molar-refractivity contribution < 1.29 is 9.18 Å². The maximum atomic E-state index is 14.0. The molecule has 21 heavy (non-hydrogen) atoms. The summed E-state index contributed by atoms with van der Waals surface area (Å²) in [6.07, 6.45) is 3.80. The van der Waals surface area contributed by atoms with Gasteiger partial charge in [-0.25, -0.2) is 9.07 Å². The summed E-state index contributed by atoms with van der Waals surface area (Å²) in [4.78, 5) is 11.9. The molecule has 1 aromatic heterocycles. The van der Waals surface area contributed by atoms with E-state index in [0.717, 1.165) is 0 Å². The molecule has 0 spiro atoms. The number of carbonyl (C=O) groups excluding carboxylic acids is 1. The number of aromatic nitrogens is 2. The monoisotopic (exact) mass is 290 g/mol. The molecule has 2 aromatic rings. The first-order valence-electron chi connectivity index (χ1n) is 6.83. The minimum absolute atomic E-state index is 0.310. The van der Waals surface area contributed by atoms with Gasteiger partial charge in [-0.15, -0.1) is 0 Å². The number of halogens is 1. The lowest BCUT2D eigenvalue weighted by molar-refractivity contribution is -0.117. The Morgan fingerprint density at radius 2 is 2.24 bits per heavy atom. The average molecular weight is 290 g/mol. The number of carbonyl (C=O) groups is 1. The minimum atomic E-state index is -0.598. The van der Waals surface area contributed by atoms with Gasteiger partial charge >= 0.3 is 0 Å². The molecule has 0 fully saturated rings. The second-order valence-electron chi connectivity index (χ2n) is 5.34. The fourth-order valence-electron chi connectivity index (χ4n) is 2.03.